The van der Waals surface area contributed by atoms with E-state index in [0.29, 0.717) is 0 Å². The minimum absolute atomic E-state index is 0.326. The molecule has 1 aromatic rings. The average molecular weight is 336 g/mol. The first-order chi connectivity index (χ1) is 8.13. The minimum atomic E-state index is -0.326. The van der Waals surface area contributed by atoms with Crippen molar-refractivity contribution < 1.29 is 5.11 Å². The molecule has 0 amide bonds. The highest BCUT2D eigenvalue weighted by molar-refractivity contribution is 9.11. The van der Waals surface area contributed by atoms with E-state index in [1.54, 1.807) is 11.3 Å². The van der Waals surface area contributed by atoms with Crippen molar-refractivity contribution in [2.24, 2.45) is 17.8 Å². The molecule has 2 aliphatic carbocycles. The Morgan fingerprint density at radius 2 is 2.29 bits per heavy atom. The molecule has 2 fully saturated rings. The van der Waals surface area contributed by atoms with Gasteiger partial charge >= 0.3 is 0 Å². The first kappa shape index (κ1) is 12.5. The highest BCUT2D eigenvalue weighted by Gasteiger charge is 2.40. The third-order valence-corrected chi connectivity index (χ3v) is 6.98. The normalized spacial score (nSPS) is 33.2. The lowest BCUT2D eigenvalue weighted by molar-refractivity contribution is 0.128. The average Bonchev–Trinajstić information content (AvgIpc) is 2.95. The first-order valence-electron chi connectivity index (χ1n) is 6.26. The van der Waals surface area contributed by atoms with E-state index in [1.165, 1.54) is 25.7 Å². The Balaban J connectivity index is 1.65. The second kappa shape index (κ2) is 4.84. The quantitative estimate of drug-likeness (QED) is 0.822. The highest BCUT2D eigenvalue weighted by atomic mass is 79.9. The van der Waals surface area contributed by atoms with Crippen LogP contribution in [0, 0.1) is 17.8 Å². The molecule has 1 aromatic heterocycles. The molecule has 0 saturated heterocycles. The topological polar surface area (TPSA) is 20.2 Å². The van der Waals surface area contributed by atoms with Crippen LogP contribution in [0.25, 0.3) is 0 Å². The van der Waals surface area contributed by atoms with E-state index in [0.717, 1.165) is 37.9 Å². The molecule has 2 aliphatic rings. The first-order valence-corrected chi connectivity index (χ1v) is 8.25. The lowest BCUT2D eigenvalue weighted by Crippen LogP contribution is -2.13. The number of fused-ring (bicyclic) bond motifs is 2. The van der Waals surface area contributed by atoms with Crippen molar-refractivity contribution in [3.63, 3.8) is 0 Å². The fourth-order valence-corrected chi connectivity index (χ4v) is 5.34. The summed E-state index contributed by atoms with van der Waals surface area (Å²) in [4.78, 5) is 1.00. The zero-order valence-corrected chi connectivity index (χ0v) is 12.7. The predicted octanol–water partition coefficient (Wildman–Crippen LogP) is 5.02. The number of aliphatic hydroxyl groups excluding tert-OH is 1. The molecule has 17 heavy (non-hydrogen) atoms. The summed E-state index contributed by atoms with van der Waals surface area (Å²) in [7, 11) is 0. The Bertz CT molecular complexity index is 400. The van der Waals surface area contributed by atoms with Crippen molar-refractivity contribution in [1.82, 2.24) is 0 Å². The van der Waals surface area contributed by atoms with Gasteiger partial charge in [-0.1, -0.05) is 18.0 Å². The van der Waals surface area contributed by atoms with E-state index in [1.807, 2.05) is 6.07 Å². The summed E-state index contributed by atoms with van der Waals surface area (Å²) in [5.74, 6) is 2.58. The van der Waals surface area contributed by atoms with Crippen molar-refractivity contribution in [2.75, 3.05) is 0 Å². The van der Waals surface area contributed by atoms with Crippen molar-refractivity contribution in [2.45, 2.75) is 38.2 Å². The molecular weight excluding hydrogens is 320 g/mol. The molecule has 1 N–H and O–H groups in total. The number of thiophene rings is 1. The number of hydrogen-bond donors (Lipinski definition) is 1. The van der Waals surface area contributed by atoms with Gasteiger partial charge in [0.05, 0.1) is 14.9 Å². The fourth-order valence-electron chi connectivity index (χ4n) is 3.60. The van der Waals surface area contributed by atoms with Crippen LogP contribution < -0.4 is 0 Å². The number of hydrogen-bond acceptors (Lipinski definition) is 2. The molecule has 0 aromatic carbocycles. The van der Waals surface area contributed by atoms with Crippen LogP contribution in [0.5, 0.6) is 0 Å². The molecule has 1 nitrogen and oxygen atoms in total. The Kier molecular flexibility index (Phi) is 3.55. The largest absolute Gasteiger partial charge is 0.388 e. The SMILES string of the molecule is OC(CC1CC2CCC1C2)c1cc(Cl)c(Br)s1. The molecule has 2 bridgehead atoms. The standard InChI is InChI=1S/C13H16BrClOS/c14-13-10(15)6-12(17-13)11(16)5-9-4-7-1-2-8(9)3-7/h6-9,11,16H,1-5H2. The van der Waals surface area contributed by atoms with Crippen molar-refractivity contribution in [3.05, 3.63) is 19.8 Å². The van der Waals surface area contributed by atoms with E-state index >= 15 is 0 Å². The van der Waals surface area contributed by atoms with Gasteiger partial charge in [0.1, 0.15) is 0 Å². The van der Waals surface area contributed by atoms with Crippen LogP contribution in [0.15, 0.2) is 9.85 Å². The van der Waals surface area contributed by atoms with Crippen LogP contribution >= 0.6 is 38.9 Å². The summed E-state index contributed by atoms with van der Waals surface area (Å²) in [6.45, 7) is 0. The molecule has 2 saturated carbocycles. The van der Waals surface area contributed by atoms with Crippen LogP contribution in [0.1, 0.15) is 43.1 Å². The van der Waals surface area contributed by atoms with E-state index < -0.39 is 0 Å². The van der Waals surface area contributed by atoms with E-state index in [4.69, 9.17) is 11.6 Å². The van der Waals surface area contributed by atoms with Crippen LogP contribution in [-0.4, -0.2) is 5.11 Å². The van der Waals surface area contributed by atoms with Gasteiger partial charge in [-0.15, -0.1) is 11.3 Å². The summed E-state index contributed by atoms with van der Waals surface area (Å²) in [6, 6.07) is 1.90. The van der Waals surface area contributed by atoms with Gasteiger partial charge in [-0.3, -0.25) is 0 Å². The van der Waals surface area contributed by atoms with Gasteiger partial charge in [-0.05, 0) is 65.4 Å². The van der Waals surface area contributed by atoms with Gasteiger partial charge in [-0.25, -0.2) is 0 Å². The van der Waals surface area contributed by atoms with E-state index in [9.17, 15) is 5.11 Å². The van der Waals surface area contributed by atoms with Gasteiger partial charge in [0, 0.05) is 4.88 Å². The van der Waals surface area contributed by atoms with Gasteiger partial charge < -0.3 is 5.11 Å². The Labute approximate surface area is 119 Å². The second-order valence-corrected chi connectivity index (χ2v) is 8.27. The Morgan fingerprint density at radius 3 is 2.82 bits per heavy atom. The molecular formula is C13H16BrClOS. The predicted molar refractivity (Wildman–Crippen MR) is 75.5 cm³/mol. The summed E-state index contributed by atoms with van der Waals surface area (Å²) in [5, 5.41) is 11.0. The van der Waals surface area contributed by atoms with E-state index in [2.05, 4.69) is 15.9 Å². The maximum Gasteiger partial charge on any atom is 0.0888 e. The van der Waals surface area contributed by atoms with Gasteiger partial charge in [0.2, 0.25) is 0 Å². The fraction of sp³-hybridized carbons (Fsp3) is 0.692. The van der Waals surface area contributed by atoms with E-state index in [-0.39, 0.29) is 6.10 Å². The highest BCUT2D eigenvalue weighted by Crippen LogP contribution is 2.51. The molecule has 0 spiro atoms. The third-order valence-electron chi connectivity index (χ3n) is 4.40. The van der Waals surface area contributed by atoms with Gasteiger partial charge in [0.25, 0.3) is 0 Å². The second-order valence-electron chi connectivity index (χ2n) is 5.46. The molecule has 4 atom stereocenters. The molecule has 4 heteroatoms. The maximum absolute atomic E-state index is 10.3. The summed E-state index contributed by atoms with van der Waals surface area (Å²) in [6.07, 6.45) is 6.15. The lowest BCUT2D eigenvalue weighted by Gasteiger charge is -2.23. The number of aliphatic hydroxyl groups is 1. The molecule has 0 radical (unpaired) electrons. The summed E-state index contributed by atoms with van der Waals surface area (Å²) < 4.78 is 0.932. The van der Waals surface area contributed by atoms with Crippen LogP contribution in [-0.2, 0) is 0 Å². The molecule has 3 rings (SSSR count). The van der Waals surface area contributed by atoms with Crippen LogP contribution in [0.4, 0.5) is 0 Å². The van der Waals surface area contributed by atoms with Gasteiger partial charge in [0.15, 0.2) is 0 Å². The van der Waals surface area contributed by atoms with Crippen molar-refractivity contribution in [3.8, 4) is 0 Å². The molecule has 1 heterocycles. The summed E-state index contributed by atoms with van der Waals surface area (Å²) in [5.41, 5.74) is 0. The third kappa shape index (κ3) is 2.44. The minimum Gasteiger partial charge on any atom is -0.388 e. The zero-order chi connectivity index (χ0) is 12.0. The maximum atomic E-state index is 10.3. The zero-order valence-electron chi connectivity index (χ0n) is 9.53. The number of halogens is 2. The number of rotatable bonds is 3. The molecule has 0 aliphatic heterocycles. The monoisotopic (exact) mass is 334 g/mol. The van der Waals surface area contributed by atoms with Crippen LogP contribution in [0.2, 0.25) is 5.02 Å². The van der Waals surface area contributed by atoms with Crippen molar-refractivity contribution in [1.29, 1.82) is 0 Å². The molecule has 4 unspecified atom stereocenters. The Hall–Kier alpha value is 0.430. The summed E-state index contributed by atoms with van der Waals surface area (Å²) >= 11 is 11.0. The van der Waals surface area contributed by atoms with Gasteiger partial charge in [-0.2, -0.15) is 0 Å². The Morgan fingerprint density at radius 1 is 1.47 bits per heavy atom. The van der Waals surface area contributed by atoms with Crippen LogP contribution in [0.3, 0.4) is 0 Å². The van der Waals surface area contributed by atoms with Crippen molar-refractivity contribution >= 4 is 38.9 Å². The lowest BCUT2D eigenvalue weighted by atomic mass is 9.84. The smallest absolute Gasteiger partial charge is 0.0888 e. The molecule has 94 valence electrons.